The van der Waals surface area contributed by atoms with Crippen molar-refractivity contribution >= 4 is 28.1 Å². The monoisotopic (exact) mass is 265 g/mol. The Bertz CT molecular complexity index is 405. The molecule has 0 aliphatic rings. The van der Waals surface area contributed by atoms with Gasteiger partial charge in [-0.15, -0.1) is 12.4 Å². The van der Waals surface area contributed by atoms with Gasteiger partial charge in [-0.1, -0.05) is 19.1 Å². The molecule has 0 heterocycles. The molecule has 0 amide bonds. The molecule has 1 rings (SSSR count). The molecule has 4 N–H and O–H groups in total. The Labute approximate surface area is 102 Å². The van der Waals surface area contributed by atoms with E-state index in [-0.39, 0.29) is 18.2 Å². The summed E-state index contributed by atoms with van der Waals surface area (Å²) < 4.78 is 25.2. The maximum Gasteiger partial charge on any atom is 0.215 e. The highest BCUT2D eigenvalue weighted by Gasteiger charge is 2.09. The van der Waals surface area contributed by atoms with E-state index < -0.39 is 10.0 Å². The summed E-state index contributed by atoms with van der Waals surface area (Å²) in [6.45, 7) is 2.16. The van der Waals surface area contributed by atoms with Crippen molar-refractivity contribution in [1.29, 1.82) is 0 Å². The molecule has 16 heavy (non-hydrogen) atoms. The maximum absolute atomic E-state index is 11.4. The van der Waals surface area contributed by atoms with Gasteiger partial charge in [-0.3, -0.25) is 5.84 Å². The van der Waals surface area contributed by atoms with E-state index in [1.54, 1.807) is 31.2 Å². The summed E-state index contributed by atoms with van der Waals surface area (Å²) in [7, 11) is -3.21. The fraction of sp³-hybridized carbons (Fsp3) is 0.333. The van der Waals surface area contributed by atoms with E-state index in [2.05, 4.69) is 10.1 Å². The number of nitrogen functional groups attached to an aromatic ring is 1. The Morgan fingerprint density at radius 2 is 1.81 bits per heavy atom. The van der Waals surface area contributed by atoms with Gasteiger partial charge in [-0.25, -0.2) is 13.1 Å². The number of rotatable bonds is 5. The lowest BCUT2D eigenvalue weighted by Crippen LogP contribution is -2.24. The fourth-order valence-electron chi connectivity index (χ4n) is 1.19. The Balaban J connectivity index is 0.00000225. The highest BCUT2D eigenvalue weighted by Crippen LogP contribution is 2.10. The second-order valence-electron chi connectivity index (χ2n) is 3.10. The van der Waals surface area contributed by atoms with Crippen LogP contribution in [-0.2, 0) is 15.8 Å². The molecule has 1 aromatic carbocycles. The minimum absolute atomic E-state index is 0. The first-order valence-electron chi connectivity index (χ1n) is 4.60. The van der Waals surface area contributed by atoms with Crippen molar-refractivity contribution in [3.05, 3.63) is 29.8 Å². The van der Waals surface area contributed by atoms with Crippen molar-refractivity contribution in [1.82, 2.24) is 4.72 Å². The third-order valence-corrected chi connectivity index (χ3v) is 3.28. The Morgan fingerprint density at radius 1 is 1.25 bits per heavy atom. The minimum Gasteiger partial charge on any atom is -0.324 e. The summed E-state index contributed by atoms with van der Waals surface area (Å²) in [4.78, 5) is 0. The number of hydrogen-bond acceptors (Lipinski definition) is 4. The van der Waals surface area contributed by atoms with E-state index in [0.717, 1.165) is 11.3 Å². The first-order valence-corrected chi connectivity index (χ1v) is 6.25. The van der Waals surface area contributed by atoms with Crippen LogP contribution in [0, 0.1) is 0 Å². The zero-order valence-electron chi connectivity index (χ0n) is 8.93. The first kappa shape index (κ1) is 15.2. The largest absolute Gasteiger partial charge is 0.324 e. The first-order chi connectivity index (χ1) is 7.07. The van der Waals surface area contributed by atoms with E-state index in [4.69, 9.17) is 5.84 Å². The number of hydrogen-bond donors (Lipinski definition) is 3. The SMILES string of the molecule is CCNS(=O)(=O)Cc1ccc(NN)cc1.Cl. The van der Waals surface area contributed by atoms with Crippen molar-refractivity contribution < 1.29 is 8.42 Å². The van der Waals surface area contributed by atoms with Crippen molar-refractivity contribution in [3.8, 4) is 0 Å². The fourth-order valence-corrected chi connectivity index (χ4v) is 2.36. The van der Waals surface area contributed by atoms with Gasteiger partial charge in [-0.2, -0.15) is 0 Å². The van der Waals surface area contributed by atoms with E-state index in [0.29, 0.717) is 6.54 Å². The van der Waals surface area contributed by atoms with Gasteiger partial charge in [0.05, 0.1) is 5.75 Å². The molecule has 0 aromatic heterocycles. The van der Waals surface area contributed by atoms with Crippen molar-refractivity contribution in [3.63, 3.8) is 0 Å². The number of halogens is 1. The average Bonchev–Trinajstić information content (AvgIpc) is 2.18. The van der Waals surface area contributed by atoms with Gasteiger partial charge in [-0.05, 0) is 17.7 Å². The van der Waals surface area contributed by atoms with Crippen LogP contribution in [0.2, 0.25) is 0 Å². The highest BCUT2D eigenvalue weighted by atomic mass is 35.5. The van der Waals surface area contributed by atoms with Crippen LogP contribution in [0.3, 0.4) is 0 Å². The third kappa shape index (κ3) is 4.80. The Kier molecular flexibility index (Phi) is 6.35. The molecule has 0 unspecified atom stereocenters. The summed E-state index contributed by atoms with van der Waals surface area (Å²) in [5, 5.41) is 0. The number of nitrogens with one attached hydrogen (secondary N) is 2. The quantitative estimate of drug-likeness (QED) is 0.544. The molecule has 0 spiro atoms. The molecule has 0 saturated carbocycles. The number of benzene rings is 1. The standard InChI is InChI=1S/C9H15N3O2S.ClH/c1-2-11-15(13,14)7-8-3-5-9(12-10)6-4-8;/h3-6,11-12H,2,7,10H2,1H3;1H. The minimum atomic E-state index is -3.21. The zero-order chi connectivity index (χ0) is 11.3. The predicted molar refractivity (Wildman–Crippen MR) is 67.8 cm³/mol. The lowest BCUT2D eigenvalue weighted by molar-refractivity contribution is 0.583. The van der Waals surface area contributed by atoms with Crippen LogP contribution in [0.1, 0.15) is 12.5 Å². The molecule has 0 aliphatic heterocycles. The molecule has 0 atom stereocenters. The summed E-state index contributed by atoms with van der Waals surface area (Å²) in [6, 6.07) is 6.92. The third-order valence-electron chi connectivity index (χ3n) is 1.84. The zero-order valence-corrected chi connectivity index (χ0v) is 10.6. The number of anilines is 1. The topological polar surface area (TPSA) is 84.2 Å². The van der Waals surface area contributed by atoms with E-state index in [1.165, 1.54) is 0 Å². The predicted octanol–water partition coefficient (Wildman–Crippen LogP) is 0.833. The second-order valence-corrected chi connectivity index (χ2v) is 4.91. The second kappa shape index (κ2) is 6.70. The molecule has 0 bridgehead atoms. The van der Waals surface area contributed by atoms with Gasteiger partial charge < -0.3 is 5.43 Å². The summed E-state index contributed by atoms with van der Waals surface area (Å²) in [6.07, 6.45) is 0. The lowest BCUT2D eigenvalue weighted by Gasteiger charge is -2.05. The average molecular weight is 266 g/mol. The summed E-state index contributed by atoms with van der Waals surface area (Å²) in [5.41, 5.74) is 3.96. The van der Waals surface area contributed by atoms with Crippen molar-refractivity contribution in [2.75, 3.05) is 12.0 Å². The van der Waals surface area contributed by atoms with Crippen LogP contribution in [0.5, 0.6) is 0 Å². The van der Waals surface area contributed by atoms with Gasteiger partial charge in [0, 0.05) is 12.2 Å². The molecular formula is C9H16ClN3O2S. The van der Waals surface area contributed by atoms with E-state index in [1.807, 2.05) is 0 Å². The number of sulfonamides is 1. The van der Waals surface area contributed by atoms with Gasteiger partial charge in [0.1, 0.15) is 0 Å². The van der Waals surface area contributed by atoms with Gasteiger partial charge in [0.2, 0.25) is 10.0 Å². The molecule has 0 aliphatic carbocycles. The van der Waals surface area contributed by atoms with Crippen molar-refractivity contribution in [2.45, 2.75) is 12.7 Å². The molecule has 0 fully saturated rings. The molecule has 92 valence electrons. The smallest absolute Gasteiger partial charge is 0.215 e. The number of nitrogens with two attached hydrogens (primary N) is 1. The van der Waals surface area contributed by atoms with Crippen LogP contribution in [-0.4, -0.2) is 15.0 Å². The lowest BCUT2D eigenvalue weighted by atomic mass is 10.2. The normalized spacial score (nSPS) is 10.6. The maximum atomic E-state index is 11.4. The van der Waals surface area contributed by atoms with Crippen LogP contribution < -0.4 is 16.0 Å². The highest BCUT2D eigenvalue weighted by molar-refractivity contribution is 7.88. The van der Waals surface area contributed by atoms with Gasteiger partial charge in [0.15, 0.2) is 0 Å². The Morgan fingerprint density at radius 3 is 2.25 bits per heavy atom. The summed E-state index contributed by atoms with van der Waals surface area (Å²) >= 11 is 0. The molecule has 0 radical (unpaired) electrons. The van der Waals surface area contributed by atoms with Crippen LogP contribution in [0.25, 0.3) is 0 Å². The van der Waals surface area contributed by atoms with Gasteiger partial charge >= 0.3 is 0 Å². The number of hydrazine groups is 1. The van der Waals surface area contributed by atoms with E-state index in [9.17, 15) is 8.42 Å². The molecule has 1 aromatic rings. The molecule has 7 heteroatoms. The molecule has 0 saturated heterocycles. The van der Waals surface area contributed by atoms with Crippen LogP contribution in [0.15, 0.2) is 24.3 Å². The van der Waals surface area contributed by atoms with Gasteiger partial charge in [0.25, 0.3) is 0 Å². The summed E-state index contributed by atoms with van der Waals surface area (Å²) in [5.74, 6) is 5.19. The van der Waals surface area contributed by atoms with Crippen LogP contribution in [0.4, 0.5) is 5.69 Å². The Hall–Kier alpha value is -0.820. The van der Waals surface area contributed by atoms with E-state index >= 15 is 0 Å². The van der Waals surface area contributed by atoms with Crippen LogP contribution >= 0.6 is 12.4 Å². The molecular weight excluding hydrogens is 250 g/mol. The van der Waals surface area contributed by atoms with Crippen molar-refractivity contribution in [2.24, 2.45) is 5.84 Å². The molecule has 5 nitrogen and oxygen atoms in total.